The average Bonchev–Trinajstić information content (AvgIpc) is 3.02. The van der Waals surface area contributed by atoms with Gasteiger partial charge in [0.15, 0.2) is 0 Å². The van der Waals surface area contributed by atoms with Crippen molar-refractivity contribution in [3.05, 3.63) is 42.7 Å². The number of hydrogen-bond donors (Lipinski definition) is 2. The summed E-state index contributed by atoms with van der Waals surface area (Å²) in [5.74, 6) is 1.51. The van der Waals surface area contributed by atoms with Crippen LogP contribution in [0.2, 0.25) is 0 Å². The lowest BCUT2D eigenvalue weighted by molar-refractivity contribution is -0.116. The summed E-state index contributed by atoms with van der Waals surface area (Å²) >= 11 is 1.84. The van der Waals surface area contributed by atoms with Crippen molar-refractivity contribution in [1.29, 1.82) is 0 Å². The predicted octanol–water partition coefficient (Wildman–Crippen LogP) is 2.04. The zero-order valence-electron chi connectivity index (χ0n) is 12.0. The maximum absolute atomic E-state index is 14.1. The van der Waals surface area contributed by atoms with E-state index in [9.17, 15) is 9.18 Å². The van der Waals surface area contributed by atoms with E-state index in [0.29, 0.717) is 17.8 Å². The molecule has 1 aliphatic heterocycles. The Kier molecular flexibility index (Phi) is 4.74. The van der Waals surface area contributed by atoms with Crippen molar-refractivity contribution in [1.82, 2.24) is 14.9 Å². The number of anilines is 1. The number of carbonyl (C=O) groups excluding carboxylic acids is 1. The molecule has 22 heavy (non-hydrogen) atoms. The second-order valence-corrected chi connectivity index (χ2v) is 6.26. The van der Waals surface area contributed by atoms with E-state index in [4.69, 9.17) is 0 Å². The van der Waals surface area contributed by atoms with E-state index in [0.717, 1.165) is 18.1 Å². The van der Waals surface area contributed by atoms with Gasteiger partial charge in [-0.15, -0.1) is 0 Å². The van der Waals surface area contributed by atoms with Crippen molar-refractivity contribution >= 4 is 23.4 Å². The van der Waals surface area contributed by atoms with Gasteiger partial charge in [-0.3, -0.25) is 4.79 Å². The Hall–Kier alpha value is -1.86. The number of rotatable bonds is 4. The van der Waals surface area contributed by atoms with Gasteiger partial charge in [-0.2, -0.15) is 11.8 Å². The molecule has 1 unspecified atom stereocenters. The summed E-state index contributed by atoms with van der Waals surface area (Å²) in [4.78, 5) is 15.9. The van der Waals surface area contributed by atoms with Crippen molar-refractivity contribution in [3.63, 3.8) is 0 Å². The van der Waals surface area contributed by atoms with Crippen molar-refractivity contribution < 1.29 is 9.18 Å². The maximum Gasteiger partial charge on any atom is 0.225 e. The number of hydrogen-bond acceptors (Lipinski definition) is 4. The highest BCUT2D eigenvalue weighted by Crippen LogP contribution is 2.19. The Morgan fingerprint density at radius 2 is 2.45 bits per heavy atom. The van der Waals surface area contributed by atoms with E-state index in [1.807, 2.05) is 11.8 Å². The van der Waals surface area contributed by atoms with Crippen molar-refractivity contribution in [2.75, 3.05) is 23.4 Å². The molecule has 1 saturated heterocycles. The average molecular weight is 320 g/mol. The summed E-state index contributed by atoms with van der Waals surface area (Å²) in [6, 6.07) is 4.84. The molecule has 0 spiro atoms. The highest BCUT2D eigenvalue weighted by molar-refractivity contribution is 7.99. The molecular weight excluding hydrogens is 303 g/mol. The topological polar surface area (TPSA) is 59.0 Å². The number of halogens is 1. The highest BCUT2D eigenvalue weighted by Gasteiger charge is 2.17. The molecule has 0 radical (unpaired) electrons. The van der Waals surface area contributed by atoms with Crippen molar-refractivity contribution in [3.8, 4) is 5.69 Å². The van der Waals surface area contributed by atoms with Crippen LogP contribution in [0.15, 0.2) is 36.9 Å². The minimum absolute atomic E-state index is 0.102. The van der Waals surface area contributed by atoms with E-state index >= 15 is 0 Å². The van der Waals surface area contributed by atoms with Gasteiger partial charge >= 0.3 is 0 Å². The second-order valence-electron chi connectivity index (χ2n) is 5.11. The fraction of sp³-hybridized carbons (Fsp3) is 0.333. The van der Waals surface area contributed by atoms with Gasteiger partial charge in [0.2, 0.25) is 5.91 Å². The number of thioether (sulfide) groups is 1. The molecule has 3 rings (SSSR count). The van der Waals surface area contributed by atoms with E-state index in [1.165, 1.54) is 12.4 Å². The Labute approximate surface area is 132 Å². The molecule has 7 heteroatoms. The summed E-state index contributed by atoms with van der Waals surface area (Å²) in [5.41, 5.74) is 0.871. The first-order valence-electron chi connectivity index (χ1n) is 7.11. The third-order valence-corrected chi connectivity index (χ3v) is 4.58. The Morgan fingerprint density at radius 1 is 1.55 bits per heavy atom. The molecule has 5 nitrogen and oxygen atoms in total. The third kappa shape index (κ3) is 3.66. The van der Waals surface area contributed by atoms with Crippen LogP contribution in [0.25, 0.3) is 5.69 Å². The van der Waals surface area contributed by atoms with Gasteiger partial charge in [-0.25, -0.2) is 9.37 Å². The van der Waals surface area contributed by atoms with Gasteiger partial charge in [-0.05, 0) is 18.2 Å². The maximum atomic E-state index is 14.1. The van der Waals surface area contributed by atoms with E-state index in [1.54, 1.807) is 29.1 Å². The molecular formula is C15H17FN4OS. The smallest absolute Gasteiger partial charge is 0.225 e. The molecule has 0 bridgehead atoms. The van der Waals surface area contributed by atoms with E-state index in [-0.39, 0.29) is 11.9 Å². The molecule has 1 atom stereocenters. The largest absolute Gasteiger partial charge is 0.326 e. The van der Waals surface area contributed by atoms with Gasteiger partial charge in [0.1, 0.15) is 5.82 Å². The Morgan fingerprint density at radius 3 is 3.14 bits per heavy atom. The van der Waals surface area contributed by atoms with Crippen LogP contribution in [-0.4, -0.2) is 39.6 Å². The molecule has 1 fully saturated rings. The number of imidazole rings is 1. The zero-order valence-corrected chi connectivity index (χ0v) is 12.8. The first kappa shape index (κ1) is 15.1. The molecule has 1 aromatic heterocycles. The lowest BCUT2D eigenvalue weighted by Crippen LogP contribution is -2.39. The van der Waals surface area contributed by atoms with Gasteiger partial charge in [-0.1, -0.05) is 0 Å². The number of nitrogens with zero attached hydrogens (tertiary/aromatic N) is 2. The lowest BCUT2D eigenvalue weighted by atomic mass is 10.2. The molecule has 2 heterocycles. The van der Waals surface area contributed by atoms with Crippen LogP contribution in [0.5, 0.6) is 0 Å². The van der Waals surface area contributed by atoms with Gasteiger partial charge < -0.3 is 15.2 Å². The zero-order chi connectivity index (χ0) is 15.4. The standard InChI is InChI=1S/C15H17FN4OS/c16-13-7-11(1-2-14(13)20-5-3-17-10-20)19-15(21)8-12-9-22-6-4-18-12/h1-3,5,7,10,12,18H,4,6,8-9H2,(H,19,21). The number of aromatic nitrogens is 2. The van der Waals surface area contributed by atoms with Gasteiger partial charge in [0, 0.05) is 48.6 Å². The third-order valence-electron chi connectivity index (χ3n) is 3.44. The van der Waals surface area contributed by atoms with Crippen molar-refractivity contribution in [2.24, 2.45) is 0 Å². The van der Waals surface area contributed by atoms with Crippen LogP contribution < -0.4 is 10.6 Å². The minimum atomic E-state index is -0.401. The molecule has 116 valence electrons. The molecule has 1 aromatic carbocycles. The molecule has 0 aliphatic carbocycles. The molecule has 2 aromatic rings. The summed E-state index contributed by atoms with van der Waals surface area (Å²) < 4.78 is 15.7. The number of carbonyl (C=O) groups is 1. The summed E-state index contributed by atoms with van der Waals surface area (Å²) in [5, 5.41) is 6.06. The van der Waals surface area contributed by atoms with Crippen LogP contribution in [0, 0.1) is 5.82 Å². The first-order chi connectivity index (χ1) is 10.7. The normalized spacial score (nSPS) is 18.1. The number of nitrogens with one attached hydrogen (secondary N) is 2. The fourth-order valence-corrected chi connectivity index (χ4v) is 3.33. The van der Waals surface area contributed by atoms with E-state index < -0.39 is 5.82 Å². The first-order valence-corrected chi connectivity index (χ1v) is 8.27. The molecule has 0 saturated carbocycles. The SMILES string of the molecule is O=C(CC1CSCCN1)Nc1ccc(-n2ccnc2)c(F)c1. The molecule has 2 N–H and O–H groups in total. The predicted molar refractivity (Wildman–Crippen MR) is 85.9 cm³/mol. The number of benzene rings is 1. The second kappa shape index (κ2) is 6.93. The lowest BCUT2D eigenvalue weighted by Gasteiger charge is -2.22. The monoisotopic (exact) mass is 320 g/mol. The Balaban J connectivity index is 1.63. The summed E-state index contributed by atoms with van der Waals surface area (Å²) in [7, 11) is 0. The summed E-state index contributed by atoms with van der Waals surface area (Å²) in [6.45, 7) is 0.927. The van der Waals surface area contributed by atoms with E-state index in [2.05, 4.69) is 15.6 Å². The molecule has 1 amide bonds. The Bertz CT molecular complexity index is 641. The van der Waals surface area contributed by atoms with Crippen LogP contribution in [0.3, 0.4) is 0 Å². The highest BCUT2D eigenvalue weighted by atomic mass is 32.2. The van der Waals surface area contributed by atoms with Gasteiger partial charge in [0.05, 0.1) is 12.0 Å². The minimum Gasteiger partial charge on any atom is -0.326 e. The van der Waals surface area contributed by atoms with Gasteiger partial charge in [0.25, 0.3) is 0 Å². The molecule has 1 aliphatic rings. The van der Waals surface area contributed by atoms with Crippen LogP contribution in [0.4, 0.5) is 10.1 Å². The fourth-order valence-electron chi connectivity index (χ4n) is 2.38. The van der Waals surface area contributed by atoms with Crippen LogP contribution in [0.1, 0.15) is 6.42 Å². The quantitative estimate of drug-likeness (QED) is 0.905. The number of amides is 1. The van der Waals surface area contributed by atoms with Crippen LogP contribution >= 0.6 is 11.8 Å². The van der Waals surface area contributed by atoms with Crippen molar-refractivity contribution in [2.45, 2.75) is 12.5 Å². The van der Waals surface area contributed by atoms with Crippen LogP contribution in [-0.2, 0) is 4.79 Å². The summed E-state index contributed by atoms with van der Waals surface area (Å²) in [6.07, 6.45) is 5.19.